The fourth-order valence-electron chi connectivity index (χ4n) is 1.40. The molecule has 0 aliphatic rings. The highest BCUT2D eigenvalue weighted by Gasteiger charge is 2.09. The highest BCUT2D eigenvalue weighted by atomic mass is 32.2. The maximum absolute atomic E-state index is 10.8. The van der Waals surface area contributed by atoms with Crippen molar-refractivity contribution in [2.24, 2.45) is 5.73 Å². The summed E-state index contributed by atoms with van der Waals surface area (Å²) in [7, 11) is 1.61. The number of ether oxygens (including phenoxy) is 1. The number of carbonyl (C=O) groups is 1. The topological polar surface area (TPSA) is 83.0 Å². The van der Waals surface area contributed by atoms with Crippen molar-refractivity contribution in [1.82, 2.24) is 14.8 Å². The molecule has 2 aromatic rings. The van der Waals surface area contributed by atoms with Crippen molar-refractivity contribution in [2.75, 3.05) is 12.9 Å². The summed E-state index contributed by atoms with van der Waals surface area (Å²) >= 11 is 1.24. The average Bonchev–Trinajstić information content (AvgIpc) is 2.84. The standard InChI is InChI=1S/C11H12N4O2S/c1-17-9-4-2-3-8(5-9)15-7-13-14-11(15)18-6-10(12)16/h2-5,7H,6H2,1H3,(H2,12,16). The Balaban J connectivity index is 2.27. The molecule has 0 unspecified atom stereocenters. The van der Waals surface area contributed by atoms with E-state index in [2.05, 4.69) is 10.2 Å². The summed E-state index contributed by atoms with van der Waals surface area (Å²) in [6.45, 7) is 0. The smallest absolute Gasteiger partial charge is 0.227 e. The molecule has 0 fully saturated rings. The van der Waals surface area contributed by atoms with Gasteiger partial charge in [0.2, 0.25) is 5.91 Å². The third kappa shape index (κ3) is 2.80. The van der Waals surface area contributed by atoms with Gasteiger partial charge in [-0.25, -0.2) is 0 Å². The van der Waals surface area contributed by atoms with Crippen LogP contribution in [0.1, 0.15) is 0 Å². The van der Waals surface area contributed by atoms with Crippen LogP contribution in [-0.4, -0.2) is 33.5 Å². The lowest BCUT2D eigenvalue weighted by atomic mass is 10.3. The Morgan fingerprint density at radius 3 is 3.11 bits per heavy atom. The van der Waals surface area contributed by atoms with Crippen molar-refractivity contribution in [3.63, 3.8) is 0 Å². The number of aromatic nitrogens is 3. The third-order valence-electron chi connectivity index (χ3n) is 2.19. The molecule has 0 radical (unpaired) electrons. The van der Waals surface area contributed by atoms with Crippen molar-refractivity contribution in [2.45, 2.75) is 5.16 Å². The molecule has 94 valence electrons. The second kappa shape index (κ2) is 5.54. The Kier molecular flexibility index (Phi) is 3.83. The largest absolute Gasteiger partial charge is 0.497 e. The molecule has 0 atom stereocenters. The van der Waals surface area contributed by atoms with Crippen LogP contribution in [-0.2, 0) is 4.79 Å². The van der Waals surface area contributed by atoms with Crippen LogP contribution in [0.4, 0.5) is 0 Å². The minimum absolute atomic E-state index is 0.169. The first kappa shape index (κ1) is 12.4. The highest BCUT2D eigenvalue weighted by Crippen LogP contribution is 2.21. The Morgan fingerprint density at radius 2 is 2.39 bits per heavy atom. The predicted molar refractivity (Wildman–Crippen MR) is 67.8 cm³/mol. The summed E-state index contributed by atoms with van der Waals surface area (Å²) < 4.78 is 6.93. The van der Waals surface area contributed by atoms with E-state index in [0.717, 1.165) is 11.4 Å². The Morgan fingerprint density at radius 1 is 1.56 bits per heavy atom. The number of hydrogen-bond acceptors (Lipinski definition) is 5. The van der Waals surface area contributed by atoms with Crippen molar-refractivity contribution in [1.29, 1.82) is 0 Å². The number of hydrogen-bond donors (Lipinski definition) is 1. The van der Waals surface area contributed by atoms with Gasteiger partial charge in [0, 0.05) is 6.07 Å². The molecule has 6 nitrogen and oxygen atoms in total. The molecule has 0 aliphatic heterocycles. The van der Waals surface area contributed by atoms with Crippen molar-refractivity contribution in [3.8, 4) is 11.4 Å². The van der Waals surface area contributed by atoms with Gasteiger partial charge in [0.25, 0.3) is 0 Å². The number of methoxy groups -OCH3 is 1. The first-order valence-electron chi connectivity index (χ1n) is 5.16. The van der Waals surface area contributed by atoms with Gasteiger partial charge in [0.15, 0.2) is 5.16 Å². The summed E-state index contributed by atoms with van der Waals surface area (Å²) in [4.78, 5) is 10.8. The minimum Gasteiger partial charge on any atom is -0.497 e. The van der Waals surface area contributed by atoms with Gasteiger partial charge in [-0.1, -0.05) is 17.8 Å². The SMILES string of the molecule is COc1cccc(-n2cnnc2SCC(N)=O)c1. The van der Waals surface area contributed by atoms with E-state index in [0.29, 0.717) is 5.16 Å². The van der Waals surface area contributed by atoms with E-state index in [1.54, 1.807) is 18.0 Å². The quantitative estimate of drug-likeness (QED) is 0.810. The lowest BCUT2D eigenvalue weighted by Gasteiger charge is -2.07. The molecule has 2 rings (SSSR count). The van der Waals surface area contributed by atoms with Crippen LogP contribution in [0.15, 0.2) is 35.7 Å². The Labute approximate surface area is 108 Å². The molecule has 0 saturated carbocycles. The van der Waals surface area contributed by atoms with Gasteiger partial charge in [-0.15, -0.1) is 10.2 Å². The number of primary amides is 1. The number of rotatable bonds is 5. The van der Waals surface area contributed by atoms with Crippen molar-refractivity contribution >= 4 is 17.7 Å². The fourth-order valence-corrected chi connectivity index (χ4v) is 2.06. The lowest BCUT2D eigenvalue weighted by Crippen LogP contribution is -2.13. The Hall–Kier alpha value is -2.02. The summed E-state index contributed by atoms with van der Waals surface area (Å²) in [6.07, 6.45) is 1.58. The predicted octanol–water partition coefficient (Wildman–Crippen LogP) is 0.853. The monoisotopic (exact) mass is 264 g/mol. The number of benzene rings is 1. The minimum atomic E-state index is -0.389. The summed E-state index contributed by atoms with van der Waals surface area (Å²) in [5, 5.41) is 8.39. The van der Waals surface area contributed by atoms with Crippen LogP contribution in [0.25, 0.3) is 5.69 Å². The first-order valence-corrected chi connectivity index (χ1v) is 6.15. The van der Waals surface area contributed by atoms with Gasteiger partial charge in [-0.2, -0.15) is 0 Å². The zero-order valence-corrected chi connectivity index (χ0v) is 10.6. The van der Waals surface area contributed by atoms with E-state index in [-0.39, 0.29) is 11.7 Å². The van der Waals surface area contributed by atoms with E-state index < -0.39 is 0 Å². The van der Waals surface area contributed by atoms with Crippen LogP contribution in [0.5, 0.6) is 5.75 Å². The molecule has 1 heterocycles. The highest BCUT2D eigenvalue weighted by molar-refractivity contribution is 7.99. The molecule has 0 aliphatic carbocycles. The molecule has 0 bridgehead atoms. The fraction of sp³-hybridized carbons (Fsp3) is 0.182. The van der Waals surface area contributed by atoms with Crippen LogP contribution >= 0.6 is 11.8 Å². The van der Waals surface area contributed by atoms with Gasteiger partial charge in [-0.3, -0.25) is 9.36 Å². The number of carbonyl (C=O) groups excluding carboxylic acids is 1. The Bertz CT molecular complexity index is 555. The molecule has 1 aromatic heterocycles. The molecular formula is C11H12N4O2S. The number of thioether (sulfide) groups is 1. The molecule has 18 heavy (non-hydrogen) atoms. The third-order valence-corrected chi connectivity index (χ3v) is 3.16. The molecule has 1 aromatic carbocycles. The summed E-state index contributed by atoms with van der Waals surface area (Å²) in [5.74, 6) is 0.523. The van der Waals surface area contributed by atoms with E-state index in [9.17, 15) is 4.79 Å². The van der Waals surface area contributed by atoms with E-state index in [1.165, 1.54) is 11.8 Å². The van der Waals surface area contributed by atoms with E-state index >= 15 is 0 Å². The second-order valence-corrected chi connectivity index (χ2v) is 4.38. The second-order valence-electron chi connectivity index (χ2n) is 3.44. The lowest BCUT2D eigenvalue weighted by molar-refractivity contribution is -0.115. The number of amides is 1. The van der Waals surface area contributed by atoms with Crippen LogP contribution < -0.4 is 10.5 Å². The maximum Gasteiger partial charge on any atom is 0.227 e. The maximum atomic E-state index is 10.8. The van der Waals surface area contributed by atoms with E-state index in [1.807, 2.05) is 24.3 Å². The zero-order chi connectivity index (χ0) is 13.0. The normalized spacial score (nSPS) is 10.3. The summed E-state index contributed by atoms with van der Waals surface area (Å²) in [5.41, 5.74) is 5.97. The molecular weight excluding hydrogens is 252 g/mol. The molecule has 0 spiro atoms. The first-order chi connectivity index (χ1) is 8.70. The van der Waals surface area contributed by atoms with Gasteiger partial charge in [0.05, 0.1) is 18.6 Å². The van der Waals surface area contributed by atoms with Crippen LogP contribution in [0.2, 0.25) is 0 Å². The van der Waals surface area contributed by atoms with Crippen LogP contribution in [0.3, 0.4) is 0 Å². The zero-order valence-electron chi connectivity index (χ0n) is 9.74. The molecule has 0 saturated heterocycles. The molecule has 2 N–H and O–H groups in total. The van der Waals surface area contributed by atoms with Gasteiger partial charge in [0.1, 0.15) is 12.1 Å². The number of nitrogens with zero attached hydrogens (tertiary/aromatic N) is 3. The van der Waals surface area contributed by atoms with Crippen molar-refractivity contribution < 1.29 is 9.53 Å². The summed E-state index contributed by atoms with van der Waals surface area (Å²) in [6, 6.07) is 7.48. The molecule has 1 amide bonds. The van der Waals surface area contributed by atoms with Gasteiger partial charge in [-0.05, 0) is 12.1 Å². The molecule has 7 heteroatoms. The van der Waals surface area contributed by atoms with Gasteiger partial charge >= 0.3 is 0 Å². The van der Waals surface area contributed by atoms with Gasteiger partial charge < -0.3 is 10.5 Å². The van der Waals surface area contributed by atoms with Crippen LogP contribution in [0, 0.1) is 0 Å². The van der Waals surface area contributed by atoms with Crippen molar-refractivity contribution in [3.05, 3.63) is 30.6 Å². The average molecular weight is 264 g/mol. The van der Waals surface area contributed by atoms with E-state index in [4.69, 9.17) is 10.5 Å². The number of nitrogens with two attached hydrogens (primary N) is 1.